The van der Waals surface area contributed by atoms with Crippen LogP contribution in [-0.2, 0) is 6.54 Å². The number of hydrogen-bond donors (Lipinski definition) is 1. The molecule has 1 aromatic rings. The van der Waals surface area contributed by atoms with E-state index < -0.39 is 0 Å². The number of nitrogens with zero attached hydrogens (tertiary/aromatic N) is 4. The lowest BCUT2D eigenvalue weighted by molar-refractivity contribution is 0.249. The molecule has 0 aromatic carbocycles. The van der Waals surface area contributed by atoms with Gasteiger partial charge in [0.25, 0.3) is 0 Å². The molecule has 2 fully saturated rings. The molecule has 0 unspecified atom stereocenters. The summed E-state index contributed by atoms with van der Waals surface area (Å²) in [6.07, 6.45) is 8.99. The van der Waals surface area contributed by atoms with Gasteiger partial charge < -0.3 is 15.5 Å². The zero-order valence-corrected chi connectivity index (χ0v) is 12.2. The van der Waals surface area contributed by atoms with Crippen LogP contribution in [0.4, 0.5) is 5.95 Å². The van der Waals surface area contributed by atoms with Crippen LogP contribution < -0.4 is 10.6 Å². The second-order valence-electron chi connectivity index (χ2n) is 6.03. The van der Waals surface area contributed by atoms with Gasteiger partial charge in [-0.15, -0.1) is 0 Å². The van der Waals surface area contributed by atoms with Crippen LogP contribution in [0.15, 0.2) is 12.4 Å². The van der Waals surface area contributed by atoms with Crippen molar-refractivity contribution in [2.75, 3.05) is 37.6 Å². The van der Waals surface area contributed by atoms with Gasteiger partial charge in [0.1, 0.15) is 0 Å². The standard InChI is InChI=1S/C15H25N5/c16-9-14-10-17-15(18-11-14)20-7-3-13(4-8-20)12-19-5-1-2-6-19/h10-11,13H,1-9,12,16H2. The van der Waals surface area contributed by atoms with E-state index in [1.807, 2.05) is 12.4 Å². The number of piperidine rings is 1. The molecule has 5 heteroatoms. The molecule has 0 radical (unpaired) electrons. The summed E-state index contributed by atoms with van der Waals surface area (Å²) in [7, 11) is 0. The molecule has 0 aliphatic carbocycles. The first kappa shape index (κ1) is 13.8. The third-order valence-corrected chi connectivity index (χ3v) is 4.54. The molecule has 2 aliphatic heterocycles. The first-order valence-electron chi connectivity index (χ1n) is 7.83. The lowest BCUT2D eigenvalue weighted by atomic mass is 9.96. The van der Waals surface area contributed by atoms with Gasteiger partial charge in [-0.2, -0.15) is 0 Å². The quantitative estimate of drug-likeness (QED) is 0.896. The third-order valence-electron chi connectivity index (χ3n) is 4.54. The van der Waals surface area contributed by atoms with E-state index in [1.54, 1.807) is 0 Å². The summed E-state index contributed by atoms with van der Waals surface area (Å²) in [6, 6.07) is 0. The van der Waals surface area contributed by atoms with Crippen molar-refractivity contribution in [3.05, 3.63) is 18.0 Å². The lowest BCUT2D eigenvalue weighted by Crippen LogP contribution is -2.38. The molecule has 5 nitrogen and oxygen atoms in total. The summed E-state index contributed by atoms with van der Waals surface area (Å²) < 4.78 is 0. The highest BCUT2D eigenvalue weighted by Gasteiger charge is 2.23. The summed E-state index contributed by atoms with van der Waals surface area (Å²) in [5.41, 5.74) is 6.57. The average Bonchev–Trinajstić information content (AvgIpc) is 3.01. The molecule has 2 aliphatic rings. The van der Waals surface area contributed by atoms with Crippen LogP contribution >= 0.6 is 0 Å². The molecular formula is C15H25N5. The highest BCUT2D eigenvalue weighted by atomic mass is 15.3. The third kappa shape index (κ3) is 3.27. The van der Waals surface area contributed by atoms with Crippen molar-refractivity contribution in [1.29, 1.82) is 0 Å². The fourth-order valence-corrected chi connectivity index (χ4v) is 3.26. The summed E-state index contributed by atoms with van der Waals surface area (Å²) >= 11 is 0. The molecule has 0 atom stereocenters. The first-order chi connectivity index (χ1) is 9.85. The Balaban J connectivity index is 1.49. The van der Waals surface area contributed by atoms with Gasteiger partial charge in [0.2, 0.25) is 5.95 Å². The number of nitrogens with two attached hydrogens (primary N) is 1. The van der Waals surface area contributed by atoms with E-state index in [2.05, 4.69) is 19.8 Å². The molecule has 3 heterocycles. The summed E-state index contributed by atoms with van der Waals surface area (Å²) in [5, 5.41) is 0. The van der Waals surface area contributed by atoms with E-state index in [0.717, 1.165) is 30.5 Å². The summed E-state index contributed by atoms with van der Waals surface area (Å²) in [5.74, 6) is 1.72. The van der Waals surface area contributed by atoms with Crippen molar-refractivity contribution in [1.82, 2.24) is 14.9 Å². The Morgan fingerprint density at radius 3 is 2.30 bits per heavy atom. The van der Waals surface area contributed by atoms with Crippen LogP contribution in [0, 0.1) is 5.92 Å². The molecule has 0 saturated carbocycles. The van der Waals surface area contributed by atoms with Gasteiger partial charge in [-0.3, -0.25) is 0 Å². The van der Waals surface area contributed by atoms with E-state index in [-0.39, 0.29) is 0 Å². The lowest BCUT2D eigenvalue weighted by Gasteiger charge is -2.33. The molecule has 20 heavy (non-hydrogen) atoms. The molecule has 2 saturated heterocycles. The van der Waals surface area contributed by atoms with E-state index in [9.17, 15) is 0 Å². The molecular weight excluding hydrogens is 250 g/mol. The number of rotatable bonds is 4. The second kappa shape index (κ2) is 6.50. The van der Waals surface area contributed by atoms with E-state index in [0.29, 0.717) is 6.54 Å². The zero-order chi connectivity index (χ0) is 13.8. The van der Waals surface area contributed by atoms with Crippen LogP contribution in [-0.4, -0.2) is 47.6 Å². The van der Waals surface area contributed by atoms with Crippen LogP contribution in [0.1, 0.15) is 31.2 Å². The molecule has 0 spiro atoms. The maximum Gasteiger partial charge on any atom is 0.225 e. The highest BCUT2D eigenvalue weighted by Crippen LogP contribution is 2.22. The minimum atomic E-state index is 0.512. The molecule has 0 amide bonds. The van der Waals surface area contributed by atoms with Crippen molar-refractivity contribution in [2.24, 2.45) is 11.7 Å². The maximum absolute atomic E-state index is 5.58. The first-order valence-corrected chi connectivity index (χ1v) is 7.83. The van der Waals surface area contributed by atoms with Crippen molar-refractivity contribution < 1.29 is 0 Å². The predicted octanol–water partition coefficient (Wildman–Crippen LogP) is 1.25. The normalized spacial score (nSPS) is 21.6. The van der Waals surface area contributed by atoms with Crippen molar-refractivity contribution in [3.63, 3.8) is 0 Å². The largest absolute Gasteiger partial charge is 0.341 e. The van der Waals surface area contributed by atoms with Gasteiger partial charge in [-0.1, -0.05) is 0 Å². The molecule has 110 valence electrons. The SMILES string of the molecule is NCc1cnc(N2CCC(CN3CCCC3)CC2)nc1. The Bertz CT molecular complexity index is 405. The van der Waals surface area contributed by atoms with Gasteiger partial charge in [0.05, 0.1) is 0 Å². The van der Waals surface area contributed by atoms with Crippen molar-refractivity contribution in [2.45, 2.75) is 32.2 Å². The number of aromatic nitrogens is 2. The average molecular weight is 275 g/mol. The van der Waals surface area contributed by atoms with E-state index in [1.165, 1.54) is 45.3 Å². The fourth-order valence-electron chi connectivity index (χ4n) is 3.26. The topological polar surface area (TPSA) is 58.3 Å². The Morgan fingerprint density at radius 2 is 1.70 bits per heavy atom. The predicted molar refractivity (Wildman–Crippen MR) is 80.5 cm³/mol. The van der Waals surface area contributed by atoms with Crippen molar-refractivity contribution >= 4 is 5.95 Å². The van der Waals surface area contributed by atoms with Gasteiger partial charge in [0.15, 0.2) is 0 Å². The van der Waals surface area contributed by atoms with Gasteiger partial charge in [0, 0.05) is 44.1 Å². The molecule has 2 N–H and O–H groups in total. The molecule has 3 rings (SSSR count). The van der Waals surface area contributed by atoms with Gasteiger partial charge in [-0.05, 0) is 44.7 Å². The Labute approximate surface area is 121 Å². The number of anilines is 1. The smallest absolute Gasteiger partial charge is 0.225 e. The van der Waals surface area contributed by atoms with E-state index >= 15 is 0 Å². The van der Waals surface area contributed by atoms with Crippen LogP contribution in [0.2, 0.25) is 0 Å². The van der Waals surface area contributed by atoms with Crippen molar-refractivity contribution in [3.8, 4) is 0 Å². The number of hydrogen-bond acceptors (Lipinski definition) is 5. The minimum absolute atomic E-state index is 0.512. The maximum atomic E-state index is 5.58. The second-order valence-corrected chi connectivity index (χ2v) is 6.03. The zero-order valence-electron chi connectivity index (χ0n) is 12.2. The minimum Gasteiger partial charge on any atom is -0.341 e. The Kier molecular flexibility index (Phi) is 4.47. The van der Waals surface area contributed by atoms with Crippen LogP contribution in [0.3, 0.4) is 0 Å². The highest BCUT2D eigenvalue weighted by molar-refractivity contribution is 5.30. The molecule has 0 bridgehead atoms. The fraction of sp³-hybridized carbons (Fsp3) is 0.733. The number of likely N-dealkylation sites (tertiary alicyclic amines) is 1. The summed E-state index contributed by atoms with van der Waals surface area (Å²) in [6.45, 7) is 6.59. The van der Waals surface area contributed by atoms with E-state index in [4.69, 9.17) is 5.73 Å². The Morgan fingerprint density at radius 1 is 1.05 bits per heavy atom. The molecule has 1 aromatic heterocycles. The summed E-state index contributed by atoms with van der Waals surface area (Å²) in [4.78, 5) is 13.8. The van der Waals surface area contributed by atoms with Gasteiger partial charge >= 0.3 is 0 Å². The van der Waals surface area contributed by atoms with Gasteiger partial charge in [-0.25, -0.2) is 9.97 Å². The monoisotopic (exact) mass is 275 g/mol. The Hall–Kier alpha value is -1.20. The van der Waals surface area contributed by atoms with Crippen LogP contribution in [0.5, 0.6) is 0 Å². The van der Waals surface area contributed by atoms with Crippen LogP contribution in [0.25, 0.3) is 0 Å².